The number of H-pyrrole nitrogens is 1. The van der Waals surface area contributed by atoms with Crippen molar-refractivity contribution in [2.75, 3.05) is 41.3 Å². The molecule has 1 fully saturated rings. The minimum Gasteiger partial charge on any atom is -0.368 e. The van der Waals surface area contributed by atoms with Crippen molar-refractivity contribution >= 4 is 34.3 Å². The highest BCUT2D eigenvalue weighted by Gasteiger charge is 2.19. The number of benzene rings is 2. The molecule has 150 valence electrons. The van der Waals surface area contributed by atoms with Crippen LogP contribution in [-0.2, 0) is 0 Å². The first-order chi connectivity index (χ1) is 14.8. The van der Waals surface area contributed by atoms with Crippen LogP contribution in [0.15, 0.2) is 60.9 Å². The van der Waals surface area contributed by atoms with Crippen molar-refractivity contribution in [2.24, 2.45) is 0 Å². The molecule has 0 saturated carbocycles. The number of hydrogen-bond acceptors (Lipinski definition) is 7. The van der Waals surface area contributed by atoms with Crippen LogP contribution in [0, 0.1) is 0 Å². The molecule has 1 amide bonds. The molecule has 0 aliphatic carbocycles. The molecule has 9 nitrogen and oxygen atoms in total. The van der Waals surface area contributed by atoms with Crippen molar-refractivity contribution in [1.29, 1.82) is 0 Å². The van der Waals surface area contributed by atoms with Gasteiger partial charge in [-0.25, -0.2) is 9.97 Å². The SMILES string of the molecule is O=C(Nc1cc(N2CCN(c3ccccc3)CC2)ncn1)c1ccc2n[nH]nc2c1. The number of nitrogens with one attached hydrogen (secondary N) is 2. The van der Waals surface area contributed by atoms with Crippen LogP contribution in [0.4, 0.5) is 17.3 Å². The van der Waals surface area contributed by atoms with E-state index in [0.29, 0.717) is 22.4 Å². The topological polar surface area (TPSA) is 103 Å². The highest BCUT2D eigenvalue weighted by molar-refractivity contribution is 6.05. The van der Waals surface area contributed by atoms with Crippen molar-refractivity contribution in [2.45, 2.75) is 0 Å². The Morgan fingerprint density at radius 1 is 0.867 bits per heavy atom. The average molecular weight is 400 g/mol. The van der Waals surface area contributed by atoms with Gasteiger partial charge >= 0.3 is 0 Å². The summed E-state index contributed by atoms with van der Waals surface area (Å²) in [7, 11) is 0. The molecule has 0 bridgehead atoms. The molecule has 0 spiro atoms. The summed E-state index contributed by atoms with van der Waals surface area (Å²) in [5.74, 6) is 1.02. The lowest BCUT2D eigenvalue weighted by molar-refractivity contribution is 0.102. The molecular weight excluding hydrogens is 380 g/mol. The Labute approximate surface area is 172 Å². The quantitative estimate of drug-likeness (QED) is 0.542. The van der Waals surface area contributed by atoms with Crippen LogP contribution in [0.2, 0.25) is 0 Å². The molecule has 1 saturated heterocycles. The van der Waals surface area contributed by atoms with E-state index in [-0.39, 0.29) is 5.91 Å². The number of piperazine rings is 1. The molecule has 0 atom stereocenters. The summed E-state index contributed by atoms with van der Waals surface area (Å²) >= 11 is 0. The summed E-state index contributed by atoms with van der Waals surface area (Å²) in [6, 6.07) is 17.4. The largest absolute Gasteiger partial charge is 0.368 e. The molecule has 2 aromatic heterocycles. The minimum absolute atomic E-state index is 0.251. The van der Waals surface area contributed by atoms with Crippen molar-refractivity contribution in [3.8, 4) is 0 Å². The number of anilines is 3. The number of hydrogen-bond donors (Lipinski definition) is 2. The van der Waals surface area contributed by atoms with E-state index < -0.39 is 0 Å². The Kier molecular flexibility index (Phi) is 4.68. The number of carbonyl (C=O) groups is 1. The molecule has 9 heteroatoms. The molecule has 5 rings (SSSR count). The van der Waals surface area contributed by atoms with E-state index in [1.54, 1.807) is 18.2 Å². The van der Waals surface area contributed by atoms with E-state index in [1.807, 2.05) is 12.1 Å². The van der Waals surface area contributed by atoms with Crippen LogP contribution in [0.3, 0.4) is 0 Å². The Morgan fingerprint density at radius 3 is 2.47 bits per heavy atom. The van der Waals surface area contributed by atoms with Gasteiger partial charge in [-0.1, -0.05) is 18.2 Å². The number of aromatic nitrogens is 5. The molecule has 4 aromatic rings. The smallest absolute Gasteiger partial charge is 0.256 e. The van der Waals surface area contributed by atoms with Gasteiger partial charge in [0.05, 0.1) is 0 Å². The van der Waals surface area contributed by atoms with Crippen LogP contribution in [0.5, 0.6) is 0 Å². The van der Waals surface area contributed by atoms with E-state index in [9.17, 15) is 4.79 Å². The van der Waals surface area contributed by atoms with Gasteiger partial charge in [-0.15, -0.1) is 0 Å². The maximum absolute atomic E-state index is 12.6. The third-order valence-electron chi connectivity index (χ3n) is 5.20. The molecule has 1 aliphatic heterocycles. The number of aromatic amines is 1. The maximum atomic E-state index is 12.6. The molecular formula is C21H20N8O. The fraction of sp³-hybridized carbons (Fsp3) is 0.190. The monoisotopic (exact) mass is 400 g/mol. The average Bonchev–Trinajstić information content (AvgIpc) is 3.28. The van der Waals surface area contributed by atoms with Crippen molar-refractivity contribution in [3.05, 3.63) is 66.5 Å². The van der Waals surface area contributed by atoms with Gasteiger partial charge in [-0.2, -0.15) is 15.4 Å². The Balaban J connectivity index is 1.26. The molecule has 30 heavy (non-hydrogen) atoms. The zero-order chi connectivity index (χ0) is 20.3. The first kappa shape index (κ1) is 18.0. The van der Waals surface area contributed by atoms with Crippen LogP contribution in [0.1, 0.15) is 10.4 Å². The van der Waals surface area contributed by atoms with E-state index in [1.165, 1.54) is 12.0 Å². The Morgan fingerprint density at radius 2 is 1.63 bits per heavy atom. The van der Waals surface area contributed by atoms with Gasteiger partial charge < -0.3 is 15.1 Å². The third-order valence-corrected chi connectivity index (χ3v) is 5.20. The zero-order valence-corrected chi connectivity index (χ0v) is 16.2. The van der Waals surface area contributed by atoms with Gasteiger partial charge in [0.25, 0.3) is 5.91 Å². The number of rotatable bonds is 4. The van der Waals surface area contributed by atoms with E-state index in [2.05, 4.69) is 64.8 Å². The fourth-order valence-electron chi connectivity index (χ4n) is 3.59. The van der Waals surface area contributed by atoms with Crippen LogP contribution < -0.4 is 15.1 Å². The van der Waals surface area contributed by atoms with Crippen LogP contribution in [-0.4, -0.2) is 57.5 Å². The van der Waals surface area contributed by atoms with Gasteiger partial charge in [-0.05, 0) is 30.3 Å². The predicted molar refractivity (Wildman–Crippen MR) is 115 cm³/mol. The molecule has 1 aliphatic rings. The second-order valence-corrected chi connectivity index (χ2v) is 7.05. The van der Waals surface area contributed by atoms with Gasteiger partial charge in [0.15, 0.2) is 0 Å². The second kappa shape index (κ2) is 7.78. The zero-order valence-electron chi connectivity index (χ0n) is 16.2. The summed E-state index contributed by atoms with van der Waals surface area (Å²) in [4.78, 5) is 25.8. The molecule has 2 N–H and O–H groups in total. The van der Waals surface area contributed by atoms with Gasteiger partial charge in [-0.3, -0.25) is 4.79 Å². The lowest BCUT2D eigenvalue weighted by Crippen LogP contribution is -2.46. The van der Waals surface area contributed by atoms with Crippen molar-refractivity contribution < 1.29 is 4.79 Å². The van der Waals surface area contributed by atoms with E-state index >= 15 is 0 Å². The highest BCUT2D eigenvalue weighted by Crippen LogP contribution is 2.20. The summed E-state index contributed by atoms with van der Waals surface area (Å²) in [6.45, 7) is 3.52. The fourth-order valence-corrected chi connectivity index (χ4v) is 3.59. The van der Waals surface area contributed by atoms with Crippen LogP contribution in [0.25, 0.3) is 11.0 Å². The molecule has 2 aromatic carbocycles. The molecule has 0 unspecified atom stereocenters. The predicted octanol–water partition coefficient (Wildman–Crippen LogP) is 2.33. The van der Waals surface area contributed by atoms with Gasteiger partial charge in [0.1, 0.15) is 29.0 Å². The van der Waals surface area contributed by atoms with Crippen molar-refractivity contribution in [3.63, 3.8) is 0 Å². The first-order valence-electron chi connectivity index (χ1n) is 9.75. The van der Waals surface area contributed by atoms with Gasteiger partial charge in [0.2, 0.25) is 0 Å². The Bertz CT molecular complexity index is 1170. The Hall–Kier alpha value is -4.01. The van der Waals surface area contributed by atoms with Crippen LogP contribution >= 0.6 is 0 Å². The molecule has 3 heterocycles. The van der Waals surface area contributed by atoms with E-state index in [0.717, 1.165) is 32.0 Å². The highest BCUT2D eigenvalue weighted by atomic mass is 16.1. The van der Waals surface area contributed by atoms with Gasteiger partial charge in [0, 0.05) is 43.5 Å². The molecule has 0 radical (unpaired) electrons. The summed E-state index contributed by atoms with van der Waals surface area (Å²) in [6.07, 6.45) is 1.48. The number of nitrogens with zero attached hydrogens (tertiary/aromatic N) is 6. The standard InChI is InChI=1S/C21H20N8O/c30-21(15-6-7-17-18(12-15)26-27-25-17)24-19-13-20(23-14-22-19)29-10-8-28(9-11-29)16-4-2-1-3-5-16/h1-7,12-14H,8-11H2,(H,25,26,27)(H,22,23,24,30). The number of fused-ring (bicyclic) bond motifs is 1. The lowest BCUT2D eigenvalue weighted by Gasteiger charge is -2.36. The lowest BCUT2D eigenvalue weighted by atomic mass is 10.2. The number of amides is 1. The second-order valence-electron chi connectivity index (χ2n) is 7.05. The maximum Gasteiger partial charge on any atom is 0.256 e. The summed E-state index contributed by atoms with van der Waals surface area (Å²) in [5, 5.41) is 13.4. The number of carbonyl (C=O) groups excluding carboxylic acids is 1. The first-order valence-corrected chi connectivity index (χ1v) is 9.75. The van der Waals surface area contributed by atoms with E-state index in [4.69, 9.17) is 0 Å². The van der Waals surface area contributed by atoms with Crippen molar-refractivity contribution in [1.82, 2.24) is 25.4 Å². The number of para-hydroxylation sites is 1. The summed E-state index contributed by atoms with van der Waals surface area (Å²) < 4.78 is 0. The third kappa shape index (κ3) is 3.64. The normalized spacial score (nSPS) is 14.1. The summed E-state index contributed by atoms with van der Waals surface area (Å²) in [5.41, 5.74) is 3.08. The minimum atomic E-state index is -0.251.